The van der Waals surface area contributed by atoms with Gasteiger partial charge in [0.05, 0.1) is 17.4 Å². The molecule has 26 heavy (non-hydrogen) atoms. The number of ether oxygens (including phenoxy) is 3. The first-order chi connectivity index (χ1) is 12.8. The van der Waals surface area contributed by atoms with Gasteiger partial charge in [-0.2, -0.15) is 0 Å². The number of aromatic nitrogens is 1. The minimum Gasteiger partial charge on any atom is -0.486 e. The van der Waals surface area contributed by atoms with Gasteiger partial charge >= 0.3 is 0 Å². The zero-order chi connectivity index (χ0) is 17.8. The number of pyridine rings is 1. The number of nitrogens with zero attached hydrogens (tertiary/aromatic N) is 1. The summed E-state index contributed by atoms with van der Waals surface area (Å²) in [5.74, 6) is 1.10. The summed E-state index contributed by atoms with van der Waals surface area (Å²) < 4.78 is 16.6. The number of carbonyl (C=O) groups excluding carboxylic acids is 1. The highest BCUT2D eigenvalue weighted by Gasteiger charge is 2.16. The van der Waals surface area contributed by atoms with Crippen LogP contribution in [-0.2, 0) is 4.74 Å². The van der Waals surface area contributed by atoms with E-state index in [1.165, 1.54) is 0 Å². The van der Waals surface area contributed by atoms with Crippen LogP contribution in [0.5, 0.6) is 11.5 Å². The van der Waals surface area contributed by atoms with Gasteiger partial charge in [-0.05, 0) is 31.0 Å². The topological polar surface area (TPSA) is 81.7 Å². The van der Waals surface area contributed by atoms with Gasteiger partial charge < -0.3 is 24.8 Å². The summed E-state index contributed by atoms with van der Waals surface area (Å²) in [6.45, 7) is 2.58. The lowest BCUT2D eigenvalue weighted by Crippen LogP contribution is -2.19. The van der Waals surface area contributed by atoms with Crippen molar-refractivity contribution >= 4 is 17.3 Å². The average Bonchev–Trinajstić information content (AvgIpc) is 3.20. The van der Waals surface area contributed by atoms with Crippen LogP contribution in [0.4, 0.5) is 11.4 Å². The normalized spacial score (nSPS) is 18.4. The number of anilines is 2. The Morgan fingerprint density at radius 2 is 1.96 bits per heavy atom. The molecule has 7 heteroatoms. The molecule has 136 valence electrons. The minimum absolute atomic E-state index is 0.227. The van der Waals surface area contributed by atoms with E-state index in [9.17, 15) is 4.79 Å². The van der Waals surface area contributed by atoms with Crippen LogP contribution in [0.15, 0.2) is 36.7 Å². The number of fused-ring (bicyclic) bond motifs is 1. The zero-order valence-corrected chi connectivity index (χ0v) is 14.4. The maximum Gasteiger partial charge on any atom is 0.257 e. The van der Waals surface area contributed by atoms with Crippen LogP contribution in [0, 0.1) is 0 Å². The summed E-state index contributed by atoms with van der Waals surface area (Å²) in [6, 6.07) is 7.13. The number of nitrogens with one attached hydrogen (secondary N) is 2. The monoisotopic (exact) mass is 355 g/mol. The summed E-state index contributed by atoms with van der Waals surface area (Å²) in [6.07, 6.45) is 5.64. The van der Waals surface area contributed by atoms with Crippen LogP contribution >= 0.6 is 0 Å². The fourth-order valence-electron chi connectivity index (χ4n) is 3.02. The molecule has 2 aromatic rings. The molecule has 4 rings (SSSR count). The lowest BCUT2D eigenvalue weighted by Gasteiger charge is -2.19. The summed E-state index contributed by atoms with van der Waals surface area (Å²) in [4.78, 5) is 16.7. The first kappa shape index (κ1) is 16.7. The lowest BCUT2D eigenvalue weighted by atomic mass is 10.2. The Bertz CT molecular complexity index is 790. The van der Waals surface area contributed by atoms with E-state index in [-0.39, 0.29) is 12.0 Å². The van der Waals surface area contributed by atoms with Crippen molar-refractivity contribution in [3.8, 4) is 11.5 Å². The van der Waals surface area contributed by atoms with Crippen molar-refractivity contribution in [2.75, 3.05) is 37.0 Å². The van der Waals surface area contributed by atoms with Gasteiger partial charge in [-0.1, -0.05) is 0 Å². The lowest BCUT2D eigenvalue weighted by molar-refractivity contribution is 0.102. The second kappa shape index (κ2) is 7.61. The molecule has 2 aliphatic rings. The van der Waals surface area contributed by atoms with E-state index in [0.717, 1.165) is 31.7 Å². The first-order valence-corrected chi connectivity index (χ1v) is 8.79. The van der Waals surface area contributed by atoms with Crippen LogP contribution in [0.25, 0.3) is 0 Å². The Labute approximate surface area is 151 Å². The maximum absolute atomic E-state index is 12.5. The van der Waals surface area contributed by atoms with Crippen LogP contribution in [0.1, 0.15) is 23.2 Å². The van der Waals surface area contributed by atoms with Crippen molar-refractivity contribution in [2.45, 2.75) is 18.9 Å². The average molecular weight is 355 g/mol. The molecular formula is C19H21N3O4. The van der Waals surface area contributed by atoms with Gasteiger partial charge in [0.25, 0.3) is 5.91 Å². The molecule has 0 saturated carbocycles. The third-order valence-electron chi connectivity index (χ3n) is 4.36. The van der Waals surface area contributed by atoms with Crippen molar-refractivity contribution in [3.63, 3.8) is 0 Å². The highest BCUT2D eigenvalue weighted by Crippen LogP contribution is 2.32. The molecule has 0 aliphatic carbocycles. The zero-order valence-electron chi connectivity index (χ0n) is 14.4. The van der Waals surface area contributed by atoms with Gasteiger partial charge in [0.15, 0.2) is 11.5 Å². The third-order valence-corrected chi connectivity index (χ3v) is 4.36. The second-order valence-corrected chi connectivity index (χ2v) is 6.29. The molecule has 2 aliphatic heterocycles. The van der Waals surface area contributed by atoms with Crippen LogP contribution in [0.3, 0.4) is 0 Å². The largest absolute Gasteiger partial charge is 0.486 e. The number of amides is 1. The molecule has 1 atom stereocenters. The van der Waals surface area contributed by atoms with E-state index in [4.69, 9.17) is 14.2 Å². The molecule has 0 spiro atoms. The quantitative estimate of drug-likeness (QED) is 0.858. The van der Waals surface area contributed by atoms with E-state index in [2.05, 4.69) is 15.6 Å². The highest BCUT2D eigenvalue weighted by molar-refractivity contribution is 6.04. The molecule has 7 nitrogen and oxygen atoms in total. The Balaban J connectivity index is 1.40. The fraction of sp³-hybridized carbons (Fsp3) is 0.368. The van der Waals surface area contributed by atoms with Crippen molar-refractivity contribution in [1.29, 1.82) is 0 Å². The van der Waals surface area contributed by atoms with E-state index in [1.807, 2.05) is 0 Å². The SMILES string of the molecule is O=C(Nc1ccc2c(c1)OCCO2)c1cncc(NCC2CCCO2)c1. The van der Waals surface area contributed by atoms with E-state index < -0.39 is 0 Å². The van der Waals surface area contributed by atoms with Gasteiger partial charge in [-0.3, -0.25) is 9.78 Å². The van der Waals surface area contributed by atoms with Crippen LogP contribution in [0.2, 0.25) is 0 Å². The van der Waals surface area contributed by atoms with E-state index in [1.54, 1.807) is 36.7 Å². The second-order valence-electron chi connectivity index (χ2n) is 6.29. The maximum atomic E-state index is 12.5. The van der Waals surface area contributed by atoms with E-state index >= 15 is 0 Å². The molecule has 0 radical (unpaired) electrons. The molecule has 3 heterocycles. The van der Waals surface area contributed by atoms with Crippen LogP contribution < -0.4 is 20.1 Å². The van der Waals surface area contributed by atoms with Crippen LogP contribution in [-0.4, -0.2) is 43.4 Å². The molecule has 1 aromatic heterocycles. The molecule has 1 fully saturated rings. The Hall–Kier alpha value is -2.80. The standard InChI is InChI=1S/C19H21N3O4/c23-19(22-14-3-4-17-18(9-14)26-7-6-25-17)13-8-15(11-20-10-13)21-12-16-2-1-5-24-16/h3-4,8-11,16,21H,1-2,5-7,12H2,(H,22,23). The summed E-state index contributed by atoms with van der Waals surface area (Å²) in [5.41, 5.74) is 1.93. The summed E-state index contributed by atoms with van der Waals surface area (Å²) in [5, 5.41) is 6.15. The Morgan fingerprint density at radius 1 is 1.08 bits per heavy atom. The Kier molecular flexibility index (Phi) is 4.88. The molecule has 0 bridgehead atoms. The third kappa shape index (κ3) is 3.88. The summed E-state index contributed by atoms with van der Waals surface area (Å²) in [7, 11) is 0. The Morgan fingerprint density at radius 3 is 2.81 bits per heavy atom. The number of hydrogen-bond acceptors (Lipinski definition) is 6. The number of hydrogen-bond donors (Lipinski definition) is 2. The molecule has 1 amide bonds. The fourth-order valence-corrected chi connectivity index (χ4v) is 3.02. The number of benzene rings is 1. The van der Waals surface area contributed by atoms with Gasteiger partial charge in [-0.25, -0.2) is 0 Å². The number of rotatable bonds is 5. The molecule has 1 saturated heterocycles. The van der Waals surface area contributed by atoms with E-state index in [0.29, 0.717) is 36.0 Å². The highest BCUT2D eigenvalue weighted by atomic mass is 16.6. The predicted octanol–water partition coefficient (Wildman–Crippen LogP) is 2.70. The first-order valence-electron chi connectivity index (χ1n) is 8.79. The van der Waals surface area contributed by atoms with Gasteiger partial charge in [-0.15, -0.1) is 0 Å². The van der Waals surface area contributed by atoms with Crippen molar-refractivity contribution < 1.29 is 19.0 Å². The van der Waals surface area contributed by atoms with Gasteiger partial charge in [0.1, 0.15) is 13.2 Å². The molecule has 1 unspecified atom stereocenters. The molecule has 1 aromatic carbocycles. The molecular weight excluding hydrogens is 334 g/mol. The molecule has 2 N–H and O–H groups in total. The van der Waals surface area contributed by atoms with Gasteiger partial charge in [0, 0.05) is 37.3 Å². The van der Waals surface area contributed by atoms with Crippen molar-refractivity contribution in [3.05, 3.63) is 42.2 Å². The predicted molar refractivity (Wildman–Crippen MR) is 97.1 cm³/mol. The van der Waals surface area contributed by atoms with Gasteiger partial charge in [0.2, 0.25) is 0 Å². The number of carbonyl (C=O) groups is 1. The smallest absolute Gasteiger partial charge is 0.257 e. The van der Waals surface area contributed by atoms with Crippen molar-refractivity contribution in [1.82, 2.24) is 4.98 Å². The summed E-state index contributed by atoms with van der Waals surface area (Å²) >= 11 is 0. The minimum atomic E-state index is -0.227. The van der Waals surface area contributed by atoms with Crippen molar-refractivity contribution in [2.24, 2.45) is 0 Å².